The summed E-state index contributed by atoms with van der Waals surface area (Å²) in [5.41, 5.74) is 9.96. The van der Waals surface area contributed by atoms with Gasteiger partial charge in [0.2, 0.25) is 11.6 Å². The minimum Gasteiger partial charge on any atom is -0.378 e. The van der Waals surface area contributed by atoms with Crippen molar-refractivity contribution >= 4 is 29.3 Å². The molecular formula is C17H21N9O2S. The first kappa shape index (κ1) is 19.2. The van der Waals surface area contributed by atoms with Crippen LogP contribution in [0.1, 0.15) is 47.9 Å². The summed E-state index contributed by atoms with van der Waals surface area (Å²) < 4.78 is 6.10. The number of carbonyl (C=O) groups is 1. The third kappa shape index (κ3) is 4.17. The topological polar surface area (TPSA) is 140 Å². The number of carbonyl (C=O) groups excluding carboxylic acids is 1. The molecule has 0 saturated carbocycles. The lowest BCUT2D eigenvalue weighted by Crippen LogP contribution is -2.38. The van der Waals surface area contributed by atoms with Gasteiger partial charge in [0.25, 0.3) is 5.91 Å². The van der Waals surface area contributed by atoms with Crippen LogP contribution in [0.25, 0.3) is 5.82 Å². The van der Waals surface area contributed by atoms with Gasteiger partial charge in [-0.05, 0) is 53.4 Å². The van der Waals surface area contributed by atoms with E-state index in [1.165, 1.54) is 11.1 Å². The third-order valence-corrected chi connectivity index (χ3v) is 5.59. The van der Waals surface area contributed by atoms with E-state index < -0.39 is 5.91 Å². The van der Waals surface area contributed by atoms with Gasteiger partial charge < -0.3 is 5.73 Å². The Morgan fingerprint density at radius 3 is 3.10 bits per heavy atom. The van der Waals surface area contributed by atoms with Gasteiger partial charge in [0, 0.05) is 18.2 Å². The number of anilines is 1. The molecule has 1 atom stereocenters. The van der Waals surface area contributed by atoms with E-state index in [4.69, 9.17) is 10.4 Å². The Bertz CT molecular complexity index is 995. The molecule has 0 radical (unpaired) electrons. The number of rotatable bonds is 6. The molecule has 3 N–H and O–H groups in total. The number of nitrogen functional groups attached to an aromatic ring is 1. The Morgan fingerprint density at radius 2 is 2.38 bits per heavy atom. The summed E-state index contributed by atoms with van der Waals surface area (Å²) >= 11 is 1.55. The van der Waals surface area contributed by atoms with E-state index in [9.17, 15) is 4.79 Å². The second-order valence-corrected chi connectivity index (χ2v) is 7.62. The minimum absolute atomic E-state index is 0.0743. The molecule has 0 aliphatic carbocycles. The maximum atomic E-state index is 12.7. The predicted octanol–water partition coefficient (Wildman–Crippen LogP) is 1.43. The Balaban J connectivity index is 1.61. The lowest BCUT2D eigenvalue weighted by molar-refractivity contribution is 0.0945. The summed E-state index contributed by atoms with van der Waals surface area (Å²) in [5, 5.41) is 23.4. The summed E-state index contributed by atoms with van der Waals surface area (Å²) in [5.74, 6) is -0.180. The fourth-order valence-electron chi connectivity index (χ4n) is 3.28. The summed E-state index contributed by atoms with van der Waals surface area (Å²) in [6, 6.07) is 2.28. The average Bonchev–Trinajstić information content (AvgIpc) is 3.45. The van der Waals surface area contributed by atoms with Crippen LogP contribution in [0.5, 0.6) is 0 Å². The molecule has 3 aromatic rings. The van der Waals surface area contributed by atoms with Crippen molar-refractivity contribution in [2.24, 2.45) is 5.10 Å². The second kappa shape index (κ2) is 8.49. The predicted molar refractivity (Wildman–Crippen MR) is 107 cm³/mol. The van der Waals surface area contributed by atoms with E-state index in [1.807, 2.05) is 16.8 Å². The lowest BCUT2D eigenvalue weighted by atomic mass is 10.0. The van der Waals surface area contributed by atoms with E-state index in [0.717, 1.165) is 24.9 Å². The summed E-state index contributed by atoms with van der Waals surface area (Å²) in [4.78, 5) is 15.0. The summed E-state index contributed by atoms with van der Waals surface area (Å²) in [6.45, 7) is 3.57. The molecular weight excluding hydrogens is 394 g/mol. The van der Waals surface area contributed by atoms with Crippen molar-refractivity contribution in [3.63, 3.8) is 0 Å². The van der Waals surface area contributed by atoms with Crippen molar-refractivity contribution in [1.82, 2.24) is 35.6 Å². The minimum atomic E-state index is -0.461. The number of amides is 1. The van der Waals surface area contributed by atoms with Crippen molar-refractivity contribution < 1.29 is 9.42 Å². The molecule has 3 aromatic heterocycles. The van der Waals surface area contributed by atoms with Crippen LogP contribution < -0.4 is 11.2 Å². The number of hydrogen-bond acceptors (Lipinski definition) is 10. The highest BCUT2D eigenvalue weighted by Gasteiger charge is 2.27. The van der Waals surface area contributed by atoms with E-state index >= 15 is 0 Å². The molecule has 4 rings (SSSR count). The highest BCUT2D eigenvalue weighted by atomic mass is 32.1. The van der Waals surface area contributed by atoms with Gasteiger partial charge in [-0.3, -0.25) is 9.69 Å². The first-order valence-corrected chi connectivity index (χ1v) is 10.2. The Labute approximate surface area is 170 Å². The molecule has 0 aromatic carbocycles. The lowest BCUT2D eigenvalue weighted by Gasteiger charge is -2.33. The average molecular weight is 415 g/mol. The molecule has 29 heavy (non-hydrogen) atoms. The molecule has 1 amide bonds. The van der Waals surface area contributed by atoms with Crippen LogP contribution in [-0.4, -0.2) is 54.9 Å². The molecule has 152 valence electrons. The van der Waals surface area contributed by atoms with Gasteiger partial charge in [-0.1, -0.05) is 11.6 Å². The number of likely N-dealkylation sites (tertiary alicyclic amines) is 1. The fourth-order valence-corrected chi connectivity index (χ4v) is 3.89. The molecule has 11 nitrogen and oxygen atoms in total. The van der Waals surface area contributed by atoms with E-state index in [1.54, 1.807) is 17.6 Å². The first-order chi connectivity index (χ1) is 14.1. The van der Waals surface area contributed by atoms with Gasteiger partial charge >= 0.3 is 0 Å². The van der Waals surface area contributed by atoms with E-state index in [2.05, 4.69) is 43.0 Å². The zero-order valence-corrected chi connectivity index (χ0v) is 16.7. The number of piperidine rings is 1. The number of nitrogens with two attached hydrogens (primary N) is 1. The molecule has 1 fully saturated rings. The van der Waals surface area contributed by atoms with Gasteiger partial charge in [0.05, 0.1) is 11.9 Å². The Hall–Kier alpha value is -3.12. The number of thiophene rings is 1. The third-order valence-electron chi connectivity index (χ3n) is 4.89. The molecule has 1 aliphatic heterocycles. The van der Waals surface area contributed by atoms with Gasteiger partial charge in [-0.25, -0.2) is 10.1 Å². The van der Waals surface area contributed by atoms with Crippen LogP contribution in [0.4, 0.5) is 5.82 Å². The fraction of sp³-hybridized carbons (Fsp3) is 0.412. The van der Waals surface area contributed by atoms with Crippen molar-refractivity contribution in [2.45, 2.75) is 38.8 Å². The largest absolute Gasteiger partial charge is 0.378 e. The van der Waals surface area contributed by atoms with Crippen LogP contribution in [0, 0.1) is 0 Å². The normalized spacial score (nSPS) is 17.8. The highest BCUT2D eigenvalue weighted by Crippen LogP contribution is 2.22. The first-order valence-electron chi connectivity index (χ1n) is 9.26. The molecule has 0 spiro atoms. The Kier molecular flexibility index (Phi) is 5.62. The second-order valence-electron chi connectivity index (χ2n) is 6.84. The SMILES string of the molecule is CC1CCCCN1Cc1c(C(=O)NN=Cc2ccsc2)nnn1-c1nonc1N. The quantitative estimate of drug-likeness (QED) is 0.455. The van der Waals surface area contributed by atoms with Crippen molar-refractivity contribution in [1.29, 1.82) is 0 Å². The summed E-state index contributed by atoms with van der Waals surface area (Å²) in [6.07, 6.45) is 4.97. The van der Waals surface area contributed by atoms with Crippen molar-refractivity contribution in [3.8, 4) is 5.82 Å². The molecule has 12 heteroatoms. The van der Waals surface area contributed by atoms with Crippen molar-refractivity contribution in [2.75, 3.05) is 12.3 Å². The van der Waals surface area contributed by atoms with Crippen LogP contribution in [0.15, 0.2) is 26.6 Å². The number of hydrazone groups is 1. The van der Waals surface area contributed by atoms with E-state index in [-0.39, 0.29) is 17.3 Å². The van der Waals surface area contributed by atoms with Crippen molar-refractivity contribution in [3.05, 3.63) is 33.8 Å². The van der Waals surface area contributed by atoms with E-state index in [0.29, 0.717) is 18.3 Å². The molecule has 1 unspecified atom stereocenters. The van der Waals surface area contributed by atoms with Gasteiger partial charge in [0.15, 0.2) is 5.69 Å². The van der Waals surface area contributed by atoms with Crippen LogP contribution in [-0.2, 0) is 6.54 Å². The van der Waals surface area contributed by atoms with Crippen LogP contribution in [0.2, 0.25) is 0 Å². The van der Waals surface area contributed by atoms with Gasteiger partial charge in [-0.2, -0.15) is 21.1 Å². The molecule has 4 heterocycles. The van der Waals surface area contributed by atoms with Gasteiger partial charge in [-0.15, -0.1) is 5.10 Å². The molecule has 1 aliphatic rings. The molecule has 0 bridgehead atoms. The zero-order valence-electron chi connectivity index (χ0n) is 15.9. The maximum absolute atomic E-state index is 12.7. The van der Waals surface area contributed by atoms with Crippen LogP contribution >= 0.6 is 11.3 Å². The summed E-state index contributed by atoms with van der Waals surface area (Å²) in [7, 11) is 0. The zero-order chi connectivity index (χ0) is 20.2. The smallest absolute Gasteiger partial charge is 0.293 e. The maximum Gasteiger partial charge on any atom is 0.293 e. The van der Waals surface area contributed by atoms with Gasteiger partial charge in [0.1, 0.15) is 0 Å². The monoisotopic (exact) mass is 415 g/mol. The molecule has 1 saturated heterocycles. The Morgan fingerprint density at radius 1 is 1.48 bits per heavy atom. The number of nitrogens with one attached hydrogen (secondary N) is 1. The highest BCUT2D eigenvalue weighted by molar-refractivity contribution is 7.08. The van der Waals surface area contributed by atoms with Crippen LogP contribution in [0.3, 0.4) is 0 Å². The number of hydrogen-bond donors (Lipinski definition) is 2. The number of aromatic nitrogens is 5. The standard InChI is InChI=1S/C17H21N9O2S/c1-11-4-2-3-6-25(11)9-13-14(17(27)21-19-8-12-5-7-29-10-12)20-24-26(13)16-15(18)22-28-23-16/h5,7-8,10-11H,2-4,6,9H2,1H3,(H2,18,22)(H,21,27). The number of nitrogens with zero attached hydrogens (tertiary/aromatic N) is 7.